The molecule has 5 N–H and O–H groups in total. The molecule has 108 valence electrons. The van der Waals surface area contributed by atoms with Gasteiger partial charge in [-0.3, -0.25) is 0 Å². The molecule has 0 aromatic heterocycles. The number of hydrogen-bond acceptors (Lipinski definition) is 4. The number of aliphatic hydroxyl groups excluding tert-OH is 1. The minimum atomic E-state index is -4.55. The van der Waals surface area contributed by atoms with Crippen molar-refractivity contribution in [1.29, 1.82) is 0 Å². The molecule has 8 heteroatoms. The Kier molecular flexibility index (Phi) is 7.69. The molecule has 0 aliphatic heterocycles. The van der Waals surface area contributed by atoms with E-state index in [-0.39, 0.29) is 12.5 Å². The SMILES string of the molecule is CCC(CCO)CNCC(C(N)=NO)C(F)(F)F. The number of amidine groups is 1. The Labute approximate surface area is 104 Å². The molecular weight excluding hydrogens is 251 g/mol. The van der Waals surface area contributed by atoms with Crippen molar-refractivity contribution in [2.75, 3.05) is 19.7 Å². The van der Waals surface area contributed by atoms with Gasteiger partial charge in [0.15, 0.2) is 5.84 Å². The number of nitrogens with one attached hydrogen (secondary N) is 1. The van der Waals surface area contributed by atoms with Crippen molar-refractivity contribution in [3.63, 3.8) is 0 Å². The molecule has 0 aromatic carbocycles. The molecule has 0 bridgehead atoms. The summed E-state index contributed by atoms with van der Waals surface area (Å²) in [6.45, 7) is 1.81. The minimum absolute atomic E-state index is 0.00310. The number of nitrogens with two attached hydrogens (primary N) is 1. The zero-order valence-corrected chi connectivity index (χ0v) is 10.2. The predicted molar refractivity (Wildman–Crippen MR) is 61.3 cm³/mol. The third kappa shape index (κ3) is 6.06. The summed E-state index contributed by atoms with van der Waals surface area (Å²) in [6.07, 6.45) is -3.26. The van der Waals surface area contributed by atoms with Gasteiger partial charge < -0.3 is 21.4 Å². The van der Waals surface area contributed by atoms with Gasteiger partial charge in [-0.25, -0.2) is 0 Å². The number of oxime groups is 1. The number of nitrogens with zero attached hydrogens (tertiary/aromatic N) is 1. The highest BCUT2D eigenvalue weighted by Gasteiger charge is 2.42. The van der Waals surface area contributed by atoms with E-state index >= 15 is 0 Å². The molecule has 0 aromatic rings. The Morgan fingerprint density at radius 3 is 2.39 bits per heavy atom. The maximum absolute atomic E-state index is 12.6. The molecule has 0 amide bonds. The summed E-state index contributed by atoms with van der Waals surface area (Å²) in [5.41, 5.74) is 5.01. The van der Waals surface area contributed by atoms with E-state index in [2.05, 4.69) is 10.5 Å². The molecule has 0 fully saturated rings. The maximum atomic E-state index is 12.6. The van der Waals surface area contributed by atoms with Crippen LogP contribution in [0.5, 0.6) is 0 Å². The van der Waals surface area contributed by atoms with Crippen LogP contribution in [0, 0.1) is 11.8 Å². The van der Waals surface area contributed by atoms with Crippen LogP contribution in [0.4, 0.5) is 13.2 Å². The minimum Gasteiger partial charge on any atom is -0.409 e. The highest BCUT2D eigenvalue weighted by atomic mass is 19.4. The standard InChI is InChI=1S/C10H20F3N3O2/c1-2-7(3-4-17)5-15-6-8(9(14)16-18)10(11,12)13/h7-8,15,17-18H,2-6H2,1H3,(H2,14,16). The summed E-state index contributed by atoms with van der Waals surface area (Å²) in [6, 6.07) is 0. The van der Waals surface area contributed by atoms with Crippen LogP contribution in [0.15, 0.2) is 5.16 Å². The lowest BCUT2D eigenvalue weighted by molar-refractivity contribution is -0.155. The van der Waals surface area contributed by atoms with Gasteiger partial charge in [0.25, 0.3) is 0 Å². The molecule has 0 heterocycles. The van der Waals surface area contributed by atoms with Gasteiger partial charge in [0.1, 0.15) is 5.92 Å². The largest absolute Gasteiger partial charge is 0.409 e. The summed E-state index contributed by atoms with van der Waals surface area (Å²) < 4.78 is 37.7. The smallest absolute Gasteiger partial charge is 0.400 e. The fourth-order valence-corrected chi connectivity index (χ4v) is 1.52. The van der Waals surface area contributed by atoms with E-state index in [4.69, 9.17) is 16.0 Å². The van der Waals surface area contributed by atoms with Crippen LogP contribution in [-0.4, -0.2) is 42.0 Å². The van der Waals surface area contributed by atoms with E-state index in [9.17, 15) is 13.2 Å². The first kappa shape index (κ1) is 17.0. The zero-order valence-electron chi connectivity index (χ0n) is 10.2. The third-order valence-electron chi connectivity index (χ3n) is 2.76. The predicted octanol–water partition coefficient (Wildman–Crippen LogP) is 0.909. The van der Waals surface area contributed by atoms with Gasteiger partial charge in [-0.2, -0.15) is 13.2 Å². The fourth-order valence-electron chi connectivity index (χ4n) is 1.52. The van der Waals surface area contributed by atoms with E-state index in [1.165, 1.54) is 0 Å². The van der Waals surface area contributed by atoms with Crippen molar-refractivity contribution < 1.29 is 23.5 Å². The molecule has 0 spiro atoms. The molecule has 18 heavy (non-hydrogen) atoms. The van der Waals surface area contributed by atoms with Gasteiger partial charge in [-0.15, -0.1) is 0 Å². The normalized spacial score (nSPS) is 16.6. The molecule has 2 unspecified atom stereocenters. The highest BCUT2D eigenvalue weighted by molar-refractivity contribution is 5.83. The summed E-state index contributed by atoms with van der Waals surface area (Å²) in [5, 5.41) is 22.1. The van der Waals surface area contributed by atoms with Crippen molar-refractivity contribution in [2.45, 2.75) is 25.9 Å². The van der Waals surface area contributed by atoms with Crippen molar-refractivity contribution in [1.82, 2.24) is 5.32 Å². The van der Waals surface area contributed by atoms with Crippen molar-refractivity contribution in [3.05, 3.63) is 0 Å². The van der Waals surface area contributed by atoms with Gasteiger partial charge in [0.05, 0.1) is 0 Å². The second-order valence-corrected chi connectivity index (χ2v) is 4.06. The average molecular weight is 271 g/mol. The second-order valence-electron chi connectivity index (χ2n) is 4.06. The van der Waals surface area contributed by atoms with E-state index in [1.54, 1.807) is 0 Å². The van der Waals surface area contributed by atoms with Crippen molar-refractivity contribution in [2.24, 2.45) is 22.7 Å². The van der Waals surface area contributed by atoms with Gasteiger partial charge >= 0.3 is 6.18 Å². The molecule has 0 radical (unpaired) electrons. The van der Waals surface area contributed by atoms with Crippen LogP contribution in [0.2, 0.25) is 0 Å². The lowest BCUT2D eigenvalue weighted by Crippen LogP contribution is -2.43. The van der Waals surface area contributed by atoms with Gasteiger partial charge in [0.2, 0.25) is 0 Å². The summed E-state index contributed by atoms with van der Waals surface area (Å²) in [4.78, 5) is 0. The molecule has 0 saturated heterocycles. The topological polar surface area (TPSA) is 90.9 Å². The summed E-state index contributed by atoms with van der Waals surface area (Å²) in [5.74, 6) is -2.75. The molecule has 5 nitrogen and oxygen atoms in total. The van der Waals surface area contributed by atoms with E-state index < -0.39 is 24.5 Å². The number of hydrogen-bond donors (Lipinski definition) is 4. The lowest BCUT2D eigenvalue weighted by Gasteiger charge is -2.21. The molecule has 0 rings (SSSR count). The van der Waals surface area contributed by atoms with Crippen LogP contribution in [0.3, 0.4) is 0 Å². The van der Waals surface area contributed by atoms with Crippen LogP contribution < -0.4 is 11.1 Å². The Balaban J connectivity index is 4.29. The monoisotopic (exact) mass is 271 g/mol. The Morgan fingerprint density at radius 2 is 2.00 bits per heavy atom. The van der Waals surface area contributed by atoms with Crippen molar-refractivity contribution >= 4 is 5.84 Å². The number of halogens is 3. The molecular formula is C10H20F3N3O2. The van der Waals surface area contributed by atoms with Crippen LogP contribution >= 0.6 is 0 Å². The Hall–Kier alpha value is -1.02. The zero-order chi connectivity index (χ0) is 14.2. The van der Waals surface area contributed by atoms with Gasteiger partial charge in [0, 0.05) is 13.2 Å². The first-order chi connectivity index (χ1) is 8.36. The van der Waals surface area contributed by atoms with E-state index in [1.807, 2.05) is 6.92 Å². The van der Waals surface area contributed by atoms with Crippen LogP contribution in [0.1, 0.15) is 19.8 Å². The third-order valence-corrected chi connectivity index (χ3v) is 2.76. The van der Waals surface area contributed by atoms with Gasteiger partial charge in [-0.1, -0.05) is 18.5 Å². The maximum Gasteiger partial charge on any atom is 0.400 e. The Bertz CT molecular complexity index is 259. The molecule has 0 aliphatic carbocycles. The molecule has 2 atom stereocenters. The summed E-state index contributed by atoms with van der Waals surface area (Å²) >= 11 is 0. The second kappa shape index (κ2) is 8.15. The first-order valence-electron chi connectivity index (χ1n) is 5.72. The fraction of sp³-hybridized carbons (Fsp3) is 0.900. The molecule has 0 aliphatic rings. The first-order valence-corrected chi connectivity index (χ1v) is 5.72. The van der Waals surface area contributed by atoms with E-state index in [0.29, 0.717) is 13.0 Å². The Morgan fingerprint density at radius 1 is 1.39 bits per heavy atom. The lowest BCUT2D eigenvalue weighted by atomic mass is 10.0. The van der Waals surface area contributed by atoms with Crippen molar-refractivity contribution in [3.8, 4) is 0 Å². The average Bonchev–Trinajstić information content (AvgIpc) is 2.30. The quantitative estimate of drug-likeness (QED) is 0.228. The highest BCUT2D eigenvalue weighted by Crippen LogP contribution is 2.25. The molecule has 0 saturated carbocycles. The van der Waals surface area contributed by atoms with E-state index in [0.717, 1.165) is 6.42 Å². The van der Waals surface area contributed by atoms with Crippen LogP contribution in [0.25, 0.3) is 0 Å². The number of rotatable bonds is 8. The number of aliphatic hydroxyl groups is 1. The van der Waals surface area contributed by atoms with Crippen LogP contribution in [-0.2, 0) is 0 Å². The number of alkyl halides is 3. The van der Waals surface area contributed by atoms with Gasteiger partial charge in [-0.05, 0) is 18.9 Å². The summed E-state index contributed by atoms with van der Waals surface area (Å²) in [7, 11) is 0.